The minimum atomic E-state index is -0.547. The molecule has 0 aromatic heterocycles. The summed E-state index contributed by atoms with van der Waals surface area (Å²) >= 11 is 0. The van der Waals surface area contributed by atoms with Crippen molar-refractivity contribution in [1.82, 2.24) is 5.32 Å². The lowest BCUT2D eigenvalue weighted by Crippen LogP contribution is -2.51. The first-order chi connectivity index (χ1) is 16.1. The summed E-state index contributed by atoms with van der Waals surface area (Å²) in [5, 5.41) is 15.6. The Morgan fingerprint density at radius 1 is 0.848 bits per heavy atom. The summed E-state index contributed by atoms with van der Waals surface area (Å²) in [6.07, 6.45) is 0.588. The third-order valence-corrected chi connectivity index (χ3v) is 5.84. The second-order valence-electron chi connectivity index (χ2n) is 8.20. The quantitative estimate of drug-likeness (QED) is 0.514. The number of ether oxygens (including phenoxy) is 1. The zero-order chi connectivity index (χ0) is 23.0. The first kappa shape index (κ1) is 22.7. The number of aliphatic hydroxyl groups excluding tert-OH is 1. The number of amides is 2. The number of carbonyl (C=O) groups is 2. The van der Waals surface area contributed by atoms with Gasteiger partial charge in [-0.2, -0.15) is 0 Å². The van der Waals surface area contributed by atoms with Crippen LogP contribution in [0.5, 0.6) is 0 Å². The number of rotatable bonds is 7. The molecule has 170 valence electrons. The van der Waals surface area contributed by atoms with E-state index in [0.717, 1.165) is 16.8 Å². The predicted molar refractivity (Wildman–Crippen MR) is 128 cm³/mol. The van der Waals surface area contributed by atoms with Crippen molar-refractivity contribution in [2.45, 2.75) is 37.5 Å². The van der Waals surface area contributed by atoms with E-state index in [9.17, 15) is 14.7 Å². The molecule has 3 atom stereocenters. The van der Waals surface area contributed by atoms with Gasteiger partial charge in [-0.3, -0.25) is 9.59 Å². The Kier molecular flexibility index (Phi) is 7.50. The molecule has 1 fully saturated rings. The Hall–Kier alpha value is -3.48. The van der Waals surface area contributed by atoms with Crippen molar-refractivity contribution in [3.05, 3.63) is 90.5 Å². The number of carbonyl (C=O) groups excluding carboxylic acids is 2. The van der Waals surface area contributed by atoms with E-state index < -0.39 is 6.10 Å². The van der Waals surface area contributed by atoms with Crippen molar-refractivity contribution >= 4 is 17.5 Å². The third kappa shape index (κ3) is 6.06. The Balaban J connectivity index is 1.28. The van der Waals surface area contributed by atoms with Crippen molar-refractivity contribution in [3.63, 3.8) is 0 Å². The normalized spacial score (nSPS) is 20.1. The second-order valence-corrected chi connectivity index (χ2v) is 8.20. The van der Waals surface area contributed by atoms with Gasteiger partial charge in [-0.05, 0) is 48.2 Å². The Morgan fingerprint density at radius 2 is 1.48 bits per heavy atom. The molecular formula is C27H28N2O4. The van der Waals surface area contributed by atoms with Crippen LogP contribution in [0.4, 0.5) is 5.69 Å². The summed E-state index contributed by atoms with van der Waals surface area (Å²) in [6.45, 7) is -0.223. The van der Waals surface area contributed by atoms with Gasteiger partial charge in [0.1, 0.15) is 6.10 Å². The SMILES string of the molecule is O=C(C[C@H]1CC[C@@H](NC(=O)c2ccccc2)[C@H](CO)O1)Nc1ccc(-c2ccccc2)cc1. The monoisotopic (exact) mass is 444 g/mol. The highest BCUT2D eigenvalue weighted by Gasteiger charge is 2.33. The number of anilines is 1. The van der Waals surface area contributed by atoms with Gasteiger partial charge in [0.2, 0.25) is 5.91 Å². The molecule has 3 aromatic carbocycles. The van der Waals surface area contributed by atoms with Crippen LogP contribution in [-0.2, 0) is 9.53 Å². The summed E-state index contributed by atoms with van der Waals surface area (Å²) in [6, 6.07) is 26.4. The van der Waals surface area contributed by atoms with Crippen molar-refractivity contribution < 1.29 is 19.4 Å². The number of hydrogen-bond acceptors (Lipinski definition) is 4. The molecule has 4 rings (SSSR count). The fourth-order valence-corrected chi connectivity index (χ4v) is 4.08. The highest BCUT2D eigenvalue weighted by atomic mass is 16.5. The highest BCUT2D eigenvalue weighted by molar-refractivity contribution is 5.94. The zero-order valence-electron chi connectivity index (χ0n) is 18.3. The van der Waals surface area contributed by atoms with Crippen molar-refractivity contribution in [2.24, 2.45) is 0 Å². The average molecular weight is 445 g/mol. The molecule has 6 nitrogen and oxygen atoms in total. The van der Waals surface area contributed by atoms with Crippen LogP contribution in [0, 0.1) is 0 Å². The molecule has 0 saturated carbocycles. The van der Waals surface area contributed by atoms with E-state index in [1.165, 1.54) is 0 Å². The summed E-state index contributed by atoms with van der Waals surface area (Å²) in [7, 11) is 0. The topological polar surface area (TPSA) is 87.7 Å². The lowest BCUT2D eigenvalue weighted by molar-refractivity contribution is -0.126. The molecule has 3 aromatic rings. The molecule has 1 aliphatic heterocycles. The van der Waals surface area contributed by atoms with Gasteiger partial charge in [0.25, 0.3) is 5.91 Å². The summed E-state index contributed by atoms with van der Waals surface area (Å²) in [4.78, 5) is 25.0. The molecule has 1 heterocycles. The number of aliphatic hydroxyl groups is 1. The van der Waals surface area contributed by atoms with Crippen LogP contribution in [-0.4, -0.2) is 41.8 Å². The molecule has 0 unspecified atom stereocenters. The lowest BCUT2D eigenvalue weighted by atomic mass is 9.96. The first-order valence-corrected chi connectivity index (χ1v) is 11.2. The molecule has 1 aliphatic rings. The first-order valence-electron chi connectivity index (χ1n) is 11.2. The smallest absolute Gasteiger partial charge is 0.251 e. The molecule has 1 saturated heterocycles. The highest BCUT2D eigenvalue weighted by Crippen LogP contribution is 2.24. The molecule has 3 N–H and O–H groups in total. The van der Waals surface area contributed by atoms with Gasteiger partial charge < -0.3 is 20.5 Å². The third-order valence-electron chi connectivity index (χ3n) is 5.84. The van der Waals surface area contributed by atoms with Gasteiger partial charge >= 0.3 is 0 Å². The van der Waals surface area contributed by atoms with Crippen molar-refractivity contribution in [1.29, 1.82) is 0 Å². The summed E-state index contributed by atoms with van der Waals surface area (Å²) < 4.78 is 5.94. The van der Waals surface area contributed by atoms with Gasteiger partial charge in [-0.25, -0.2) is 0 Å². The number of benzene rings is 3. The van der Waals surface area contributed by atoms with Crippen molar-refractivity contribution in [2.75, 3.05) is 11.9 Å². The van der Waals surface area contributed by atoms with Crippen LogP contribution in [0.25, 0.3) is 11.1 Å². The fourth-order valence-electron chi connectivity index (χ4n) is 4.08. The maximum absolute atomic E-state index is 12.6. The Bertz CT molecular complexity index is 1050. The maximum atomic E-state index is 12.6. The minimum Gasteiger partial charge on any atom is -0.394 e. The molecule has 33 heavy (non-hydrogen) atoms. The second kappa shape index (κ2) is 10.9. The van der Waals surface area contributed by atoms with Crippen LogP contribution in [0.15, 0.2) is 84.9 Å². The van der Waals surface area contributed by atoms with E-state index in [0.29, 0.717) is 18.4 Å². The molecular weight excluding hydrogens is 416 g/mol. The summed E-state index contributed by atoms with van der Waals surface area (Å²) in [5.74, 6) is -0.339. The van der Waals surface area contributed by atoms with E-state index in [4.69, 9.17) is 4.74 Å². The van der Waals surface area contributed by atoms with Gasteiger partial charge in [-0.15, -0.1) is 0 Å². The number of hydrogen-bond donors (Lipinski definition) is 3. The molecule has 0 spiro atoms. The Labute approximate surface area is 193 Å². The van der Waals surface area contributed by atoms with Gasteiger partial charge in [-0.1, -0.05) is 60.7 Å². The van der Waals surface area contributed by atoms with Crippen molar-refractivity contribution in [3.8, 4) is 11.1 Å². The van der Waals surface area contributed by atoms with Gasteiger partial charge in [0.05, 0.1) is 25.2 Å². The largest absolute Gasteiger partial charge is 0.394 e. The van der Waals surface area contributed by atoms with Crippen LogP contribution >= 0.6 is 0 Å². The zero-order valence-corrected chi connectivity index (χ0v) is 18.3. The standard InChI is InChI=1S/C27H28N2O4/c30-18-25-24(29-27(32)21-9-5-2-6-10-21)16-15-23(33-25)17-26(31)28-22-13-11-20(12-14-22)19-7-3-1-4-8-19/h1-14,23-25,30H,15-18H2,(H,28,31)(H,29,32)/t23-,24-,25+/m1/s1. The predicted octanol–water partition coefficient (Wildman–Crippen LogP) is 4.02. The van der Waals surface area contributed by atoms with Gasteiger partial charge in [0.15, 0.2) is 0 Å². The summed E-state index contributed by atoms with van der Waals surface area (Å²) in [5.41, 5.74) is 3.49. The fraction of sp³-hybridized carbons (Fsp3) is 0.259. The molecule has 2 amide bonds. The van der Waals surface area contributed by atoms with E-state index >= 15 is 0 Å². The van der Waals surface area contributed by atoms with E-state index in [1.807, 2.05) is 60.7 Å². The molecule has 0 radical (unpaired) electrons. The molecule has 0 bridgehead atoms. The Morgan fingerprint density at radius 3 is 2.15 bits per heavy atom. The van der Waals surface area contributed by atoms with Crippen LogP contribution in [0.2, 0.25) is 0 Å². The van der Waals surface area contributed by atoms with Crippen LogP contribution in [0.1, 0.15) is 29.6 Å². The minimum absolute atomic E-state index is 0.143. The van der Waals surface area contributed by atoms with Crippen LogP contribution < -0.4 is 10.6 Å². The maximum Gasteiger partial charge on any atom is 0.251 e. The number of nitrogens with one attached hydrogen (secondary N) is 2. The van der Waals surface area contributed by atoms with E-state index in [2.05, 4.69) is 10.6 Å². The van der Waals surface area contributed by atoms with E-state index in [-0.39, 0.29) is 37.0 Å². The molecule has 6 heteroatoms. The molecule has 0 aliphatic carbocycles. The lowest BCUT2D eigenvalue weighted by Gasteiger charge is -2.36. The van der Waals surface area contributed by atoms with E-state index in [1.54, 1.807) is 24.3 Å². The average Bonchev–Trinajstić information content (AvgIpc) is 2.86. The van der Waals surface area contributed by atoms with Gasteiger partial charge in [0, 0.05) is 11.3 Å². The van der Waals surface area contributed by atoms with Crippen LogP contribution in [0.3, 0.4) is 0 Å².